The van der Waals surface area contributed by atoms with Crippen LogP contribution < -0.4 is 5.32 Å². The Morgan fingerprint density at radius 3 is 2.43 bits per heavy atom. The average molecular weight is 462 g/mol. The third-order valence-corrected chi connectivity index (χ3v) is 7.07. The van der Waals surface area contributed by atoms with E-state index in [-0.39, 0.29) is 38.4 Å². The van der Waals surface area contributed by atoms with Gasteiger partial charge in [-0.1, -0.05) is 29.8 Å². The van der Waals surface area contributed by atoms with Crippen LogP contribution in [0.3, 0.4) is 0 Å². The SMILES string of the molecule is O=C(NCc1ccc(Cl)nc1)C1CCN(S(=O)(=O)c2ccccc2C(F)(F)F)CC1. The molecule has 1 saturated heterocycles. The molecule has 0 aliphatic carbocycles. The number of hydrogen-bond acceptors (Lipinski definition) is 4. The number of piperidine rings is 1. The molecule has 30 heavy (non-hydrogen) atoms. The van der Waals surface area contributed by atoms with Gasteiger partial charge in [-0.2, -0.15) is 17.5 Å². The Hall–Kier alpha value is -2.17. The van der Waals surface area contributed by atoms with Gasteiger partial charge in [-0.15, -0.1) is 0 Å². The predicted molar refractivity (Wildman–Crippen MR) is 104 cm³/mol. The molecule has 6 nitrogen and oxygen atoms in total. The summed E-state index contributed by atoms with van der Waals surface area (Å²) in [6, 6.07) is 7.44. The Balaban J connectivity index is 1.62. The van der Waals surface area contributed by atoms with Gasteiger partial charge >= 0.3 is 6.18 Å². The highest BCUT2D eigenvalue weighted by Crippen LogP contribution is 2.36. The van der Waals surface area contributed by atoms with E-state index in [4.69, 9.17) is 11.6 Å². The van der Waals surface area contributed by atoms with Crippen molar-refractivity contribution in [2.75, 3.05) is 13.1 Å². The number of nitrogens with zero attached hydrogens (tertiary/aromatic N) is 2. The number of carbonyl (C=O) groups excluding carboxylic acids is 1. The van der Waals surface area contributed by atoms with Gasteiger partial charge in [-0.05, 0) is 36.6 Å². The predicted octanol–water partition coefficient (Wildman–Crippen LogP) is 3.47. The summed E-state index contributed by atoms with van der Waals surface area (Å²) in [6.45, 7) is 0.185. The van der Waals surface area contributed by atoms with Crippen LogP contribution in [0.15, 0.2) is 47.5 Å². The van der Waals surface area contributed by atoms with Crippen molar-refractivity contribution >= 4 is 27.5 Å². The molecule has 1 N–H and O–H groups in total. The van der Waals surface area contributed by atoms with E-state index in [0.29, 0.717) is 5.15 Å². The molecule has 3 rings (SSSR count). The first-order valence-corrected chi connectivity index (χ1v) is 11.0. The summed E-state index contributed by atoms with van der Waals surface area (Å²) in [5.74, 6) is -0.660. The van der Waals surface area contributed by atoms with E-state index in [0.717, 1.165) is 28.1 Å². The smallest absolute Gasteiger partial charge is 0.352 e. The molecule has 0 radical (unpaired) electrons. The third-order valence-electron chi connectivity index (χ3n) is 4.89. The van der Waals surface area contributed by atoms with Crippen LogP contribution in [0.4, 0.5) is 13.2 Å². The van der Waals surface area contributed by atoms with Gasteiger partial charge in [0.15, 0.2) is 0 Å². The lowest BCUT2D eigenvalue weighted by Crippen LogP contribution is -2.43. The lowest BCUT2D eigenvalue weighted by molar-refractivity contribution is -0.139. The topological polar surface area (TPSA) is 79.4 Å². The standard InChI is InChI=1S/C19H19ClF3N3O3S/c20-17-6-5-13(11-24-17)12-25-18(27)14-7-9-26(10-8-14)30(28,29)16-4-2-1-3-15(16)19(21,22)23/h1-6,11,14H,7-10,12H2,(H,25,27). The summed E-state index contributed by atoms with van der Waals surface area (Å²) in [7, 11) is -4.32. The number of aromatic nitrogens is 1. The van der Waals surface area contributed by atoms with Crippen molar-refractivity contribution in [3.8, 4) is 0 Å². The zero-order chi connectivity index (χ0) is 21.9. The molecule has 0 bridgehead atoms. The summed E-state index contributed by atoms with van der Waals surface area (Å²) >= 11 is 5.71. The minimum atomic E-state index is -4.78. The summed E-state index contributed by atoms with van der Waals surface area (Å²) in [5, 5.41) is 3.10. The highest BCUT2D eigenvalue weighted by Gasteiger charge is 2.40. The highest BCUT2D eigenvalue weighted by atomic mass is 35.5. The monoisotopic (exact) mass is 461 g/mol. The number of amides is 1. The van der Waals surface area contributed by atoms with Crippen LogP contribution in [0, 0.1) is 5.92 Å². The number of halogens is 4. The van der Waals surface area contributed by atoms with Crippen molar-refractivity contribution < 1.29 is 26.4 Å². The molecule has 1 aliphatic rings. The molecule has 1 fully saturated rings. The first-order chi connectivity index (χ1) is 14.1. The Morgan fingerprint density at radius 2 is 1.83 bits per heavy atom. The second-order valence-corrected chi connectivity index (χ2v) is 9.17. The van der Waals surface area contributed by atoms with Gasteiger partial charge in [0.05, 0.1) is 10.5 Å². The largest absolute Gasteiger partial charge is 0.417 e. The number of carbonyl (C=O) groups is 1. The number of pyridine rings is 1. The van der Waals surface area contributed by atoms with E-state index in [1.807, 2.05) is 0 Å². The van der Waals surface area contributed by atoms with E-state index < -0.39 is 32.6 Å². The van der Waals surface area contributed by atoms with Crippen LogP contribution in [0.25, 0.3) is 0 Å². The van der Waals surface area contributed by atoms with Gasteiger partial charge in [-0.25, -0.2) is 13.4 Å². The number of alkyl halides is 3. The molecule has 0 spiro atoms. The molecule has 0 unspecified atom stereocenters. The van der Waals surface area contributed by atoms with Gasteiger partial charge in [-0.3, -0.25) is 4.79 Å². The molecule has 1 aromatic heterocycles. The van der Waals surface area contributed by atoms with Crippen molar-refractivity contribution in [3.05, 3.63) is 58.9 Å². The fraction of sp³-hybridized carbons (Fsp3) is 0.368. The maximum Gasteiger partial charge on any atom is 0.417 e. The highest BCUT2D eigenvalue weighted by molar-refractivity contribution is 7.89. The number of hydrogen-bond donors (Lipinski definition) is 1. The van der Waals surface area contributed by atoms with Crippen molar-refractivity contribution in [2.45, 2.75) is 30.5 Å². The number of rotatable bonds is 5. The Labute approximate surface area is 177 Å². The number of nitrogens with one attached hydrogen (secondary N) is 1. The molecule has 162 valence electrons. The van der Waals surface area contributed by atoms with Crippen LogP contribution in [0.2, 0.25) is 5.15 Å². The normalized spacial score (nSPS) is 16.4. The molecular formula is C19H19ClF3N3O3S. The van der Waals surface area contributed by atoms with E-state index >= 15 is 0 Å². The van der Waals surface area contributed by atoms with Crippen LogP contribution >= 0.6 is 11.6 Å². The fourth-order valence-corrected chi connectivity index (χ4v) is 5.06. The van der Waals surface area contributed by atoms with Gasteiger partial charge < -0.3 is 5.32 Å². The Kier molecular flexibility index (Phi) is 6.68. The van der Waals surface area contributed by atoms with Crippen molar-refractivity contribution in [1.29, 1.82) is 0 Å². The van der Waals surface area contributed by atoms with Gasteiger partial charge in [0.2, 0.25) is 15.9 Å². The minimum absolute atomic E-state index is 0.0326. The first kappa shape index (κ1) is 22.5. The zero-order valence-corrected chi connectivity index (χ0v) is 17.3. The van der Waals surface area contributed by atoms with E-state index in [1.54, 1.807) is 12.1 Å². The van der Waals surface area contributed by atoms with Crippen LogP contribution in [0.1, 0.15) is 24.0 Å². The molecule has 1 aromatic carbocycles. The second-order valence-electron chi connectivity index (χ2n) is 6.88. The Morgan fingerprint density at radius 1 is 1.17 bits per heavy atom. The summed E-state index contributed by atoms with van der Waals surface area (Å²) < 4.78 is 66.2. The van der Waals surface area contributed by atoms with E-state index in [2.05, 4.69) is 10.3 Å². The van der Waals surface area contributed by atoms with Crippen molar-refractivity contribution in [2.24, 2.45) is 5.92 Å². The first-order valence-electron chi connectivity index (χ1n) is 9.13. The van der Waals surface area contributed by atoms with Crippen LogP contribution in [0.5, 0.6) is 0 Å². The quantitative estimate of drug-likeness (QED) is 0.691. The van der Waals surface area contributed by atoms with E-state index in [9.17, 15) is 26.4 Å². The molecule has 0 atom stereocenters. The number of sulfonamides is 1. The lowest BCUT2D eigenvalue weighted by atomic mass is 9.97. The molecule has 1 amide bonds. The summed E-state index contributed by atoms with van der Waals surface area (Å²) in [4.78, 5) is 15.5. The molecule has 2 heterocycles. The number of benzene rings is 1. The maximum absolute atomic E-state index is 13.2. The molecule has 1 aliphatic heterocycles. The Bertz CT molecular complexity index is 1010. The fourth-order valence-electron chi connectivity index (χ4n) is 3.27. The van der Waals surface area contributed by atoms with Crippen molar-refractivity contribution in [3.63, 3.8) is 0 Å². The molecule has 11 heteroatoms. The van der Waals surface area contributed by atoms with E-state index in [1.165, 1.54) is 12.3 Å². The van der Waals surface area contributed by atoms with Crippen molar-refractivity contribution in [1.82, 2.24) is 14.6 Å². The van der Waals surface area contributed by atoms with Crippen LogP contribution in [-0.4, -0.2) is 36.7 Å². The van der Waals surface area contributed by atoms with Gasteiger partial charge in [0.1, 0.15) is 5.15 Å². The molecular weight excluding hydrogens is 443 g/mol. The average Bonchev–Trinajstić information content (AvgIpc) is 2.72. The minimum Gasteiger partial charge on any atom is -0.352 e. The molecule has 2 aromatic rings. The molecule has 0 saturated carbocycles. The van der Waals surface area contributed by atoms with Gasteiger partial charge in [0, 0.05) is 31.7 Å². The lowest BCUT2D eigenvalue weighted by Gasteiger charge is -2.31. The van der Waals surface area contributed by atoms with Crippen LogP contribution in [-0.2, 0) is 27.5 Å². The summed E-state index contributed by atoms with van der Waals surface area (Å²) in [5.41, 5.74) is -0.432. The second kappa shape index (κ2) is 8.91. The van der Waals surface area contributed by atoms with Gasteiger partial charge in [0.25, 0.3) is 0 Å². The summed E-state index contributed by atoms with van der Waals surface area (Å²) in [6.07, 6.45) is -2.80. The zero-order valence-electron chi connectivity index (χ0n) is 15.7. The maximum atomic E-state index is 13.2. The third kappa shape index (κ3) is 5.11.